The van der Waals surface area contributed by atoms with Gasteiger partial charge in [-0.05, 0) is 24.6 Å². The van der Waals surface area contributed by atoms with Crippen molar-refractivity contribution in [3.8, 4) is 0 Å². The van der Waals surface area contributed by atoms with Gasteiger partial charge in [0.1, 0.15) is 5.82 Å². The lowest BCUT2D eigenvalue weighted by molar-refractivity contribution is -0.160. The number of morpholine rings is 1. The van der Waals surface area contributed by atoms with E-state index in [1.54, 1.807) is 19.1 Å². The molecule has 1 aliphatic heterocycles. The van der Waals surface area contributed by atoms with Crippen LogP contribution in [0.1, 0.15) is 12.5 Å². The lowest BCUT2D eigenvalue weighted by Gasteiger charge is -2.38. The number of carbonyl (C=O) groups excluding carboxylic acids is 2. The maximum Gasteiger partial charge on any atom is 0.251 e. The first-order valence-corrected chi connectivity index (χ1v) is 6.37. The van der Waals surface area contributed by atoms with Gasteiger partial charge in [0, 0.05) is 6.54 Å². The quantitative estimate of drug-likeness (QED) is 0.875. The number of ether oxygens (including phenoxy) is 1. The van der Waals surface area contributed by atoms with Gasteiger partial charge in [-0.25, -0.2) is 4.39 Å². The molecule has 5 nitrogen and oxygen atoms in total. The molecule has 6 heteroatoms. The zero-order valence-corrected chi connectivity index (χ0v) is 11.3. The van der Waals surface area contributed by atoms with E-state index in [0.717, 1.165) is 0 Å². The van der Waals surface area contributed by atoms with Crippen LogP contribution in [0.25, 0.3) is 0 Å². The molecule has 2 rings (SSSR count). The van der Waals surface area contributed by atoms with Crippen molar-refractivity contribution in [2.45, 2.75) is 18.9 Å². The second kappa shape index (κ2) is 5.58. The van der Waals surface area contributed by atoms with E-state index in [-0.39, 0.29) is 31.3 Å². The van der Waals surface area contributed by atoms with Gasteiger partial charge >= 0.3 is 0 Å². The summed E-state index contributed by atoms with van der Waals surface area (Å²) in [4.78, 5) is 25.1. The van der Waals surface area contributed by atoms with E-state index in [1.807, 2.05) is 0 Å². The van der Waals surface area contributed by atoms with Crippen molar-refractivity contribution in [3.63, 3.8) is 0 Å². The fourth-order valence-corrected chi connectivity index (χ4v) is 2.17. The number of rotatable bonds is 3. The Labute approximate surface area is 116 Å². The highest BCUT2D eigenvalue weighted by Gasteiger charge is 2.39. The fourth-order valence-electron chi connectivity index (χ4n) is 2.17. The monoisotopic (exact) mass is 280 g/mol. The van der Waals surface area contributed by atoms with Crippen LogP contribution in [0.15, 0.2) is 24.3 Å². The normalized spacial score (nSPS) is 22.6. The summed E-state index contributed by atoms with van der Waals surface area (Å²) in [5.74, 6) is -1.15. The van der Waals surface area contributed by atoms with Crippen molar-refractivity contribution >= 4 is 11.8 Å². The zero-order chi connectivity index (χ0) is 14.8. The molecule has 20 heavy (non-hydrogen) atoms. The highest BCUT2D eigenvalue weighted by atomic mass is 19.1. The third kappa shape index (κ3) is 3.14. The van der Waals surface area contributed by atoms with Crippen molar-refractivity contribution in [1.29, 1.82) is 0 Å². The fraction of sp³-hybridized carbons (Fsp3) is 0.429. The number of amides is 2. The molecule has 1 heterocycles. The molecule has 0 bridgehead atoms. The molecule has 0 saturated carbocycles. The SMILES string of the molecule is CC1(C(N)=O)CN(C(=O)Cc2cccc(F)c2)CCO1. The van der Waals surface area contributed by atoms with Crippen LogP contribution < -0.4 is 5.73 Å². The number of nitrogens with two attached hydrogens (primary N) is 1. The molecule has 1 fully saturated rings. The van der Waals surface area contributed by atoms with Gasteiger partial charge in [0.25, 0.3) is 5.91 Å². The summed E-state index contributed by atoms with van der Waals surface area (Å²) < 4.78 is 18.4. The molecule has 1 aromatic rings. The van der Waals surface area contributed by atoms with Gasteiger partial charge in [-0.2, -0.15) is 0 Å². The van der Waals surface area contributed by atoms with E-state index in [2.05, 4.69) is 0 Å². The summed E-state index contributed by atoms with van der Waals surface area (Å²) in [6.07, 6.45) is 0.0899. The molecule has 108 valence electrons. The molecular formula is C14H17FN2O3. The van der Waals surface area contributed by atoms with Gasteiger partial charge in [0.2, 0.25) is 5.91 Å². The van der Waals surface area contributed by atoms with Crippen molar-refractivity contribution in [2.75, 3.05) is 19.7 Å². The van der Waals surface area contributed by atoms with Crippen LogP contribution in [-0.2, 0) is 20.7 Å². The molecule has 1 aromatic carbocycles. The Kier molecular flexibility index (Phi) is 4.04. The van der Waals surface area contributed by atoms with Gasteiger partial charge in [-0.1, -0.05) is 12.1 Å². The minimum Gasteiger partial charge on any atom is -0.367 e. The Bertz CT molecular complexity index is 535. The maximum absolute atomic E-state index is 13.1. The number of carbonyl (C=O) groups is 2. The second-order valence-electron chi connectivity index (χ2n) is 5.07. The van der Waals surface area contributed by atoms with Crippen LogP contribution in [0.5, 0.6) is 0 Å². The summed E-state index contributed by atoms with van der Waals surface area (Å²) >= 11 is 0. The molecular weight excluding hydrogens is 263 g/mol. The van der Waals surface area contributed by atoms with E-state index in [4.69, 9.17) is 10.5 Å². The summed E-state index contributed by atoms with van der Waals surface area (Å²) in [5, 5.41) is 0. The predicted molar refractivity (Wildman–Crippen MR) is 70.2 cm³/mol. The minimum absolute atomic E-state index is 0.0899. The smallest absolute Gasteiger partial charge is 0.251 e. The van der Waals surface area contributed by atoms with Crippen LogP contribution in [0.4, 0.5) is 4.39 Å². The Balaban J connectivity index is 2.04. The first-order valence-electron chi connectivity index (χ1n) is 6.37. The standard InChI is InChI=1S/C14H17FN2O3/c1-14(13(16)19)9-17(5-6-20-14)12(18)8-10-3-2-4-11(15)7-10/h2-4,7H,5-6,8-9H2,1H3,(H2,16,19). The van der Waals surface area contributed by atoms with Gasteiger partial charge in [-0.3, -0.25) is 9.59 Å². The zero-order valence-electron chi connectivity index (χ0n) is 11.3. The largest absolute Gasteiger partial charge is 0.367 e. The lowest BCUT2D eigenvalue weighted by atomic mass is 10.0. The Morgan fingerprint density at radius 3 is 2.90 bits per heavy atom. The first kappa shape index (κ1) is 14.5. The van der Waals surface area contributed by atoms with E-state index < -0.39 is 11.5 Å². The van der Waals surface area contributed by atoms with E-state index in [9.17, 15) is 14.0 Å². The van der Waals surface area contributed by atoms with E-state index >= 15 is 0 Å². The van der Waals surface area contributed by atoms with Crippen molar-refractivity contribution in [1.82, 2.24) is 4.90 Å². The Hall–Kier alpha value is -1.95. The summed E-state index contributed by atoms with van der Waals surface area (Å²) in [6.45, 7) is 2.35. The van der Waals surface area contributed by atoms with E-state index in [1.165, 1.54) is 17.0 Å². The number of hydrogen-bond acceptors (Lipinski definition) is 3. The number of nitrogens with zero attached hydrogens (tertiary/aromatic N) is 1. The van der Waals surface area contributed by atoms with Gasteiger partial charge in [-0.15, -0.1) is 0 Å². The molecule has 0 aromatic heterocycles. The van der Waals surface area contributed by atoms with Crippen LogP contribution in [-0.4, -0.2) is 42.0 Å². The average Bonchev–Trinajstić information content (AvgIpc) is 2.38. The second-order valence-corrected chi connectivity index (χ2v) is 5.07. The molecule has 1 atom stereocenters. The van der Waals surface area contributed by atoms with Gasteiger partial charge < -0.3 is 15.4 Å². The third-order valence-electron chi connectivity index (χ3n) is 3.39. The van der Waals surface area contributed by atoms with Crippen LogP contribution in [0.2, 0.25) is 0 Å². The molecule has 0 aliphatic carbocycles. The Morgan fingerprint density at radius 1 is 1.50 bits per heavy atom. The number of hydrogen-bond donors (Lipinski definition) is 1. The van der Waals surface area contributed by atoms with Gasteiger partial charge in [0.05, 0.1) is 19.6 Å². The van der Waals surface area contributed by atoms with Crippen LogP contribution in [0, 0.1) is 5.82 Å². The van der Waals surface area contributed by atoms with Crippen molar-refractivity contribution in [3.05, 3.63) is 35.6 Å². The molecule has 0 spiro atoms. The van der Waals surface area contributed by atoms with Crippen molar-refractivity contribution < 1.29 is 18.7 Å². The average molecular weight is 280 g/mol. The third-order valence-corrected chi connectivity index (χ3v) is 3.39. The summed E-state index contributed by atoms with van der Waals surface area (Å²) in [5.41, 5.74) is 4.73. The summed E-state index contributed by atoms with van der Waals surface area (Å²) in [6, 6.07) is 5.90. The molecule has 0 radical (unpaired) electrons. The topological polar surface area (TPSA) is 72.6 Å². The Morgan fingerprint density at radius 2 is 2.25 bits per heavy atom. The van der Waals surface area contributed by atoms with E-state index in [0.29, 0.717) is 12.1 Å². The highest BCUT2D eigenvalue weighted by molar-refractivity contribution is 5.85. The number of halogens is 1. The van der Waals surface area contributed by atoms with Crippen LogP contribution >= 0.6 is 0 Å². The van der Waals surface area contributed by atoms with Gasteiger partial charge in [0.15, 0.2) is 5.60 Å². The van der Waals surface area contributed by atoms with Crippen LogP contribution in [0.3, 0.4) is 0 Å². The summed E-state index contributed by atoms with van der Waals surface area (Å²) in [7, 11) is 0. The number of primary amides is 1. The number of benzene rings is 1. The molecule has 1 saturated heterocycles. The molecule has 1 unspecified atom stereocenters. The predicted octanol–water partition coefficient (Wildman–Crippen LogP) is 0.471. The molecule has 1 aliphatic rings. The molecule has 2 N–H and O–H groups in total. The lowest BCUT2D eigenvalue weighted by Crippen LogP contribution is -2.58. The highest BCUT2D eigenvalue weighted by Crippen LogP contribution is 2.18. The molecule has 2 amide bonds. The van der Waals surface area contributed by atoms with Crippen molar-refractivity contribution in [2.24, 2.45) is 5.73 Å². The maximum atomic E-state index is 13.1. The first-order chi connectivity index (χ1) is 9.40. The minimum atomic E-state index is -1.16.